The predicted molar refractivity (Wildman–Crippen MR) is 233 cm³/mol. The van der Waals surface area contributed by atoms with Crippen molar-refractivity contribution < 1.29 is 48.3 Å². The molecule has 5 rings (SSSR count). The summed E-state index contributed by atoms with van der Waals surface area (Å²) in [6.45, 7) is 22.2. The van der Waals surface area contributed by atoms with Crippen LogP contribution in [0, 0.1) is 58.7 Å². The monoisotopic (exact) mass is 839 g/mol. The van der Waals surface area contributed by atoms with E-state index in [0.29, 0.717) is 38.0 Å². The molecular formula is C50H78O10. The van der Waals surface area contributed by atoms with Crippen LogP contribution in [0.4, 0.5) is 0 Å². The van der Waals surface area contributed by atoms with E-state index < -0.39 is 41.8 Å². The van der Waals surface area contributed by atoms with E-state index in [1.807, 2.05) is 48.5 Å². The summed E-state index contributed by atoms with van der Waals surface area (Å²) in [5.41, 5.74) is 1.82. The van der Waals surface area contributed by atoms with Gasteiger partial charge in [-0.15, -0.1) is 0 Å². The Bertz CT molecular complexity index is 1590. The molecule has 1 saturated heterocycles. The Balaban J connectivity index is 0.00000391. The van der Waals surface area contributed by atoms with Gasteiger partial charge < -0.3 is 29.2 Å². The maximum atomic E-state index is 13.2. The summed E-state index contributed by atoms with van der Waals surface area (Å²) >= 11 is 0. The molecule has 0 radical (unpaired) electrons. The molecule has 0 aromatic heterocycles. The van der Waals surface area contributed by atoms with E-state index >= 15 is 0 Å². The van der Waals surface area contributed by atoms with E-state index in [0.717, 1.165) is 19.3 Å². The lowest BCUT2D eigenvalue weighted by Crippen LogP contribution is -2.43. The fraction of sp³-hybridized carbons (Fsp3) is 0.760. The summed E-state index contributed by atoms with van der Waals surface area (Å²) < 4.78 is 23.8. The number of hydrogen-bond acceptors (Lipinski definition) is 10. The lowest BCUT2D eigenvalue weighted by molar-refractivity contribution is -0.172. The molecule has 1 aliphatic heterocycles. The van der Waals surface area contributed by atoms with E-state index in [-0.39, 0.29) is 90.8 Å². The highest BCUT2D eigenvalue weighted by atomic mass is 16.6. The Morgan fingerprint density at radius 2 is 1.35 bits per heavy atom. The second kappa shape index (κ2) is 22.2. The molecule has 4 aliphatic carbocycles. The Morgan fingerprint density at radius 1 is 0.800 bits per heavy atom. The summed E-state index contributed by atoms with van der Waals surface area (Å²) in [4.78, 5) is 51.6. The van der Waals surface area contributed by atoms with Gasteiger partial charge in [-0.2, -0.15) is 0 Å². The molecule has 338 valence electrons. The SMILES string of the molecule is CC.CCC(C)(C)C(=O)O[C@H]1C[C@@H](C)C=C2C=CC(C)C(CCC3CC(OC(=O)C[C@@H](O)C[C@H](O)CCC4C(C)C=CC5=C[C@H](C)C[C@H](OC(=O)C(C)C)C54)CC(=O)O3)[C@@H]21. The molecule has 7 unspecified atom stereocenters. The average Bonchev–Trinajstić information content (AvgIpc) is 3.17. The van der Waals surface area contributed by atoms with Crippen molar-refractivity contribution in [3.63, 3.8) is 0 Å². The van der Waals surface area contributed by atoms with Crippen LogP contribution in [0.5, 0.6) is 0 Å². The summed E-state index contributed by atoms with van der Waals surface area (Å²) in [7, 11) is 0. The lowest BCUT2D eigenvalue weighted by atomic mass is 9.65. The van der Waals surface area contributed by atoms with Gasteiger partial charge in [0.2, 0.25) is 0 Å². The van der Waals surface area contributed by atoms with Crippen molar-refractivity contribution in [1.29, 1.82) is 0 Å². The topological polar surface area (TPSA) is 146 Å². The first kappa shape index (κ1) is 49.4. The van der Waals surface area contributed by atoms with Gasteiger partial charge in [-0.1, -0.05) is 98.8 Å². The number of rotatable bonds is 16. The molecule has 10 nitrogen and oxygen atoms in total. The van der Waals surface area contributed by atoms with Crippen LogP contribution in [-0.4, -0.2) is 70.7 Å². The van der Waals surface area contributed by atoms with Crippen molar-refractivity contribution in [2.75, 3.05) is 0 Å². The highest BCUT2D eigenvalue weighted by molar-refractivity contribution is 5.76. The summed E-state index contributed by atoms with van der Waals surface area (Å²) in [5, 5.41) is 21.9. The zero-order chi connectivity index (χ0) is 44.5. The molecule has 0 saturated carbocycles. The van der Waals surface area contributed by atoms with Crippen LogP contribution in [0.1, 0.15) is 147 Å². The summed E-state index contributed by atoms with van der Waals surface area (Å²) in [6.07, 6.45) is 14.6. The van der Waals surface area contributed by atoms with E-state index in [1.165, 1.54) is 11.1 Å². The third-order valence-electron chi connectivity index (χ3n) is 13.7. The van der Waals surface area contributed by atoms with E-state index in [2.05, 4.69) is 64.2 Å². The number of aliphatic hydroxyl groups excluding tert-OH is 2. The molecule has 1 fully saturated rings. The molecule has 0 amide bonds. The Hall–Kier alpha value is -3.24. The van der Waals surface area contributed by atoms with Gasteiger partial charge in [0, 0.05) is 18.3 Å². The van der Waals surface area contributed by atoms with Crippen LogP contribution in [0.2, 0.25) is 0 Å². The Morgan fingerprint density at radius 3 is 1.90 bits per heavy atom. The molecule has 60 heavy (non-hydrogen) atoms. The zero-order valence-corrected chi connectivity index (χ0v) is 38.6. The predicted octanol–water partition coefficient (Wildman–Crippen LogP) is 9.42. The fourth-order valence-corrected chi connectivity index (χ4v) is 9.99. The molecule has 2 N–H and O–H groups in total. The third-order valence-corrected chi connectivity index (χ3v) is 13.7. The van der Waals surface area contributed by atoms with Crippen LogP contribution in [0.15, 0.2) is 47.6 Å². The fourth-order valence-electron chi connectivity index (χ4n) is 9.99. The van der Waals surface area contributed by atoms with E-state index in [1.54, 1.807) is 0 Å². The van der Waals surface area contributed by atoms with Gasteiger partial charge in [-0.3, -0.25) is 19.2 Å². The van der Waals surface area contributed by atoms with Crippen LogP contribution in [0.25, 0.3) is 0 Å². The molecule has 14 atom stereocenters. The number of carbonyl (C=O) groups excluding carboxylic acids is 4. The largest absolute Gasteiger partial charge is 0.462 e. The van der Waals surface area contributed by atoms with E-state index in [9.17, 15) is 29.4 Å². The molecule has 0 bridgehead atoms. The van der Waals surface area contributed by atoms with Gasteiger partial charge in [0.1, 0.15) is 24.4 Å². The van der Waals surface area contributed by atoms with Crippen molar-refractivity contribution >= 4 is 23.9 Å². The second-order valence-corrected chi connectivity index (χ2v) is 19.5. The standard InChI is InChI=1S/C48H72O10.C2H6/c1-10-48(8,9)47(54)58-41-22-29(5)20-33-14-12-31(7)39(45(33)41)18-16-36-25-37(26-43(52)55-36)56-42(51)24-35(50)23-34(49)15-17-38-30(6)11-13-32-19-28(4)21-40(44(32)38)57-46(53)27(2)3;1-2/h11-14,19-20,27-31,34-41,44-45,49-50H,10,15-18,21-26H2,1-9H3;1-2H3/t28-,29-,30?,31?,34+,35-,36?,37?,38?,39?,40-,41-,44?,45+;/m0./s1. The maximum absolute atomic E-state index is 13.2. The average molecular weight is 839 g/mol. The van der Waals surface area contributed by atoms with Crippen molar-refractivity contribution in [3.8, 4) is 0 Å². The summed E-state index contributed by atoms with van der Waals surface area (Å²) in [6, 6.07) is 0. The minimum Gasteiger partial charge on any atom is -0.462 e. The van der Waals surface area contributed by atoms with E-state index in [4.69, 9.17) is 18.9 Å². The van der Waals surface area contributed by atoms with Crippen LogP contribution < -0.4 is 0 Å². The van der Waals surface area contributed by atoms with Crippen LogP contribution in [0.3, 0.4) is 0 Å². The van der Waals surface area contributed by atoms with Crippen LogP contribution in [-0.2, 0) is 38.1 Å². The highest BCUT2D eigenvalue weighted by Gasteiger charge is 2.44. The Kier molecular flexibility index (Phi) is 18.3. The number of ether oxygens (including phenoxy) is 4. The quantitative estimate of drug-likeness (QED) is 0.114. The molecule has 1 heterocycles. The number of fused-ring (bicyclic) bond motifs is 2. The summed E-state index contributed by atoms with van der Waals surface area (Å²) in [5.74, 6) is -0.126. The minimum atomic E-state index is -1.10. The first-order chi connectivity index (χ1) is 28.3. The molecular weight excluding hydrogens is 761 g/mol. The minimum absolute atomic E-state index is 0.0220. The van der Waals surface area contributed by atoms with Gasteiger partial charge in [0.05, 0.1) is 36.4 Å². The third kappa shape index (κ3) is 13.1. The molecule has 0 spiro atoms. The lowest BCUT2D eigenvalue weighted by Gasteiger charge is -2.44. The van der Waals surface area contributed by atoms with Crippen molar-refractivity contribution in [1.82, 2.24) is 0 Å². The van der Waals surface area contributed by atoms with Crippen molar-refractivity contribution in [2.45, 2.75) is 183 Å². The van der Waals surface area contributed by atoms with Gasteiger partial charge in [0.25, 0.3) is 0 Å². The van der Waals surface area contributed by atoms with Gasteiger partial charge in [0.15, 0.2) is 0 Å². The number of hydrogen-bond donors (Lipinski definition) is 2. The van der Waals surface area contributed by atoms with Crippen LogP contribution >= 0.6 is 0 Å². The first-order valence-corrected chi connectivity index (χ1v) is 23.3. The molecule has 5 aliphatic rings. The van der Waals surface area contributed by atoms with Gasteiger partial charge in [-0.05, 0) is 112 Å². The van der Waals surface area contributed by atoms with Crippen molar-refractivity contribution in [3.05, 3.63) is 47.6 Å². The Labute approximate surface area is 361 Å². The number of carbonyl (C=O) groups is 4. The number of allylic oxidation sites excluding steroid dienone is 6. The second-order valence-electron chi connectivity index (χ2n) is 19.5. The number of aliphatic hydroxyl groups is 2. The normalized spacial score (nSPS) is 33.4. The van der Waals surface area contributed by atoms with Gasteiger partial charge >= 0.3 is 23.9 Å². The first-order valence-electron chi connectivity index (χ1n) is 23.3. The molecule has 10 heteroatoms. The maximum Gasteiger partial charge on any atom is 0.311 e. The van der Waals surface area contributed by atoms with Crippen molar-refractivity contribution in [2.24, 2.45) is 58.7 Å². The number of cyclic esters (lactones) is 1. The molecule has 0 aromatic rings. The zero-order valence-electron chi connectivity index (χ0n) is 38.6. The highest BCUT2D eigenvalue weighted by Crippen LogP contribution is 2.47. The number of esters is 4. The smallest absolute Gasteiger partial charge is 0.311 e. The van der Waals surface area contributed by atoms with Gasteiger partial charge in [-0.25, -0.2) is 0 Å². The molecule has 0 aromatic carbocycles.